The van der Waals surface area contributed by atoms with Crippen molar-refractivity contribution in [3.05, 3.63) is 47.9 Å². The van der Waals surface area contributed by atoms with Crippen LogP contribution in [0.4, 0.5) is 5.69 Å². The molecule has 0 bridgehead atoms. The number of anilines is 1. The molecule has 27 heavy (non-hydrogen) atoms. The average Bonchev–Trinajstić information content (AvgIpc) is 3.32. The molecular weight excluding hydrogens is 372 g/mol. The summed E-state index contributed by atoms with van der Waals surface area (Å²) in [5.74, 6) is 0.0506. The first kappa shape index (κ1) is 18.7. The molecule has 11 heteroatoms. The lowest BCUT2D eigenvalue weighted by Crippen LogP contribution is -2.25. The highest BCUT2D eigenvalue weighted by molar-refractivity contribution is 7.92. The number of nitrogens with one attached hydrogen (secondary N) is 2. The van der Waals surface area contributed by atoms with Crippen LogP contribution >= 0.6 is 0 Å². The summed E-state index contributed by atoms with van der Waals surface area (Å²) in [5.41, 5.74) is 0.559. The van der Waals surface area contributed by atoms with E-state index in [2.05, 4.69) is 20.2 Å². The van der Waals surface area contributed by atoms with E-state index in [9.17, 15) is 13.2 Å². The van der Waals surface area contributed by atoms with Gasteiger partial charge in [-0.3, -0.25) is 18.9 Å². The van der Waals surface area contributed by atoms with Crippen LogP contribution in [0.25, 0.3) is 0 Å². The molecule has 0 radical (unpaired) electrons. The van der Waals surface area contributed by atoms with Crippen LogP contribution in [-0.4, -0.2) is 33.9 Å². The van der Waals surface area contributed by atoms with Crippen molar-refractivity contribution in [2.75, 3.05) is 4.72 Å². The Morgan fingerprint density at radius 1 is 1.37 bits per heavy atom. The summed E-state index contributed by atoms with van der Waals surface area (Å²) in [5, 5.41) is 10.8. The minimum Gasteiger partial charge on any atom is -0.467 e. The predicted molar refractivity (Wildman–Crippen MR) is 96.5 cm³/mol. The van der Waals surface area contributed by atoms with Crippen LogP contribution in [-0.2, 0) is 30.2 Å². The third-order valence-corrected chi connectivity index (χ3v) is 5.41. The van der Waals surface area contributed by atoms with Crippen molar-refractivity contribution in [3.8, 4) is 0 Å². The Labute approximate surface area is 156 Å². The summed E-state index contributed by atoms with van der Waals surface area (Å²) in [6.07, 6.45) is 4.22. The van der Waals surface area contributed by atoms with Gasteiger partial charge in [-0.05, 0) is 26.0 Å². The standard InChI is InChI=1S/C16H20N6O4S/c1-4-22-11(2)14(9-18-22)27(24,25)20-13-10-21(3)19-15(13)16(23)17-8-12-6-5-7-26-12/h5-7,9-10,20H,4,8H2,1-3H3,(H,17,23). The lowest BCUT2D eigenvalue weighted by Gasteiger charge is -2.08. The fourth-order valence-corrected chi connectivity index (χ4v) is 3.84. The SMILES string of the molecule is CCn1ncc(S(=O)(=O)Nc2cn(C)nc2C(=O)NCc2ccco2)c1C. The third-order valence-electron chi connectivity index (χ3n) is 3.94. The highest BCUT2D eigenvalue weighted by Gasteiger charge is 2.25. The molecule has 0 spiro atoms. The second-order valence-electron chi connectivity index (χ2n) is 5.84. The molecule has 3 aromatic heterocycles. The summed E-state index contributed by atoms with van der Waals surface area (Å²) >= 11 is 0. The van der Waals surface area contributed by atoms with Gasteiger partial charge in [-0.1, -0.05) is 0 Å². The van der Waals surface area contributed by atoms with Gasteiger partial charge in [0.05, 0.1) is 30.4 Å². The van der Waals surface area contributed by atoms with E-state index in [-0.39, 0.29) is 22.8 Å². The van der Waals surface area contributed by atoms with Crippen LogP contribution in [0.3, 0.4) is 0 Å². The van der Waals surface area contributed by atoms with Crippen molar-refractivity contribution in [2.45, 2.75) is 31.8 Å². The number of carbonyl (C=O) groups excluding carboxylic acids is 1. The molecule has 0 aliphatic heterocycles. The summed E-state index contributed by atoms with van der Waals surface area (Å²) < 4.78 is 36.0. The number of carbonyl (C=O) groups is 1. The molecule has 0 aliphatic rings. The van der Waals surface area contributed by atoms with Crippen molar-refractivity contribution in [2.24, 2.45) is 7.05 Å². The molecule has 3 rings (SSSR count). The molecule has 0 aliphatic carbocycles. The first-order chi connectivity index (χ1) is 12.8. The van der Waals surface area contributed by atoms with E-state index in [1.54, 1.807) is 30.8 Å². The van der Waals surface area contributed by atoms with Crippen LogP contribution in [0.2, 0.25) is 0 Å². The molecule has 0 aromatic carbocycles. The van der Waals surface area contributed by atoms with Crippen molar-refractivity contribution < 1.29 is 17.6 Å². The van der Waals surface area contributed by atoms with Gasteiger partial charge in [0.15, 0.2) is 5.69 Å². The predicted octanol–water partition coefficient (Wildman–Crippen LogP) is 1.27. The number of aromatic nitrogens is 4. The highest BCUT2D eigenvalue weighted by Crippen LogP contribution is 2.21. The lowest BCUT2D eigenvalue weighted by atomic mass is 10.3. The fraction of sp³-hybridized carbons (Fsp3) is 0.312. The molecule has 3 heterocycles. The van der Waals surface area contributed by atoms with Crippen LogP contribution < -0.4 is 10.0 Å². The maximum Gasteiger partial charge on any atom is 0.274 e. The van der Waals surface area contributed by atoms with E-state index in [0.717, 1.165) is 0 Å². The zero-order valence-corrected chi connectivity index (χ0v) is 15.9. The monoisotopic (exact) mass is 392 g/mol. The summed E-state index contributed by atoms with van der Waals surface area (Å²) in [6, 6.07) is 3.43. The van der Waals surface area contributed by atoms with Gasteiger partial charge in [0.1, 0.15) is 10.7 Å². The Kier molecular flexibility index (Phi) is 5.04. The van der Waals surface area contributed by atoms with Gasteiger partial charge in [-0.25, -0.2) is 8.42 Å². The molecule has 0 fully saturated rings. The normalized spacial score (nSPS) is 11.5. The molecule has 0 unspecified atom stereocenters. The Balaban J connectivity index is 1.82. The second-order valence-corrected chi connectivity index (χ2v) is 7.49. The Morgan fingerprint density at radius 2 is 2.15 bits per heavy atom. The molecule has 1 amide bonds. The average molecular weight is 392 g/mol. The van der Waals surface area contributed by atoms with Crippen molar-refractivity contribution in [1.82, 2.24) is 24.9 Å². The molecule has 3 aromatic rings. The minimum atomic E-state index is -3.92. The first-order valence-corrected chi connectivity index (χ1v) is 9.69. The van der Waals surface area contributed by atoms with Crippen molar-refractivity contribution >= 4 is 21.6 Å². The summed E-state index contributed by atoms with van der Waals surface area (Å²) in [6.45, 7) is 4.25. The largest absolute Gasteiger partial charge is 0.467 e. The number of nitrogens with zero attached hydrogens (tertiary/aromatic N) is 4. The molecular formula is C16H20N6O4S. The minimum absolute atomic E-state index is 0.0341. The number of sulfonamides is 1. The number of hydrogen-bond donors (Lipinski definition) is 2. The van der Waals surface area contributed by atoms with E-state index in [0.29, 0.717) is 18.0 Å². The number of amides is 1. The molecule has 0 saturated heterocycles. The summed E-state index contributed by atoms with van der Waals surface area (Å²) in [7, 11) is -2.32. The lowest BCUT2D eigenvalue weighted by molar-refractivity contribution is 0.0943. The Bertz CT molecular complexity index is 1050. The number of hydrogen-bond acceptors (Lipinski definition) is 6. The number of aryl methyl sites for hydroxylation is 2. The number of furan rings is 1. The van der Waals surface area contributed by atoms with Crippen LogP contribution in [0, 0.1) is 6.92 Å². The Hall–Kier alpha value is -3.08. The topological polar surface area (TPSA) is 124 Å². The van der Waals surface area contributed by atoms with Gasteiger partial charge in [-0.15, -0.1) is 0 Å². The second kappa shape index (κ2) is 7.27. The first-order valence-electron chi connectivity index (χ1n) is 8.21. The van der Waals surface area contributed by atoms with E-state index in [4.69, 9.17) is 4.42 Å². The van der Waals surface area contributed by atoms with Gasteiger partial charge >= 0.3 is 0 Å². The van der Waals surface area contributed by atoms with Crippen LogP contribution in [0.1, 0.15) is 28.9 Å². The Morgan fingerprint density at radius 3 is 2.78 bits per heavy atom. The fourth-order valence-electron chi connectivity index (χ4n) is 2.61. The smallest absolute Gasteiger partial charge is 0.274 e. The molecule has 2 N–H and O–H groups in total. The molecule has 0 atom stereocenters. The van der Waals surface area contributed by atoms with Gasteiger partial charge in [0.25, 0.3) is 15.9 Å². The van der Waals surface area contributed by atoms with Crippen LogP contribution in [0.5, 0.6) is 0 Å². The van der Waals surface area contributed by atoms with Gasteiger partial charge in [0.2, 0.25) is 0 Å². The maximum absolute atomic E-state index is 12.7. The zero-order chi connectivity index (χ0) is 19.6. The number of rotatable bonds is 7. The van der Waals surface area contributed by atoms with Crippen LogP contribution in [0.15, 0.2) is 40.1 Å². The van der Waals surface area contributed by atoms with Gasteiger partial charge < -0.3 is 9.73 Å². The van der Waals surface area contributed by atoms with E-state index >= 15 is 0 Å². The third kappa shape index (κ3) is 3.87. The van der Waals surface area contributed by atoms with E-state index in [1.165, 1.54) is 23.3 Å². The van der Waals surface area contributed by atoms with Crippen molar-refractivity contribution in [3.63, 3.8) is 0 Å². The quantitative estimate of drug-likeness (QED) is 0.624. The molecule has 10 nitrogen and oxygen atoms in total. The highest BCUT2D eigenvalue weighted by atomic mass is 32.2. The van der Waals surface area contributed by atoms with Gasteiger partial charge in [-0.2, -0.15) is 10.2 Å². The van der Waals surface area contributed by atoms with Crippen molar-refractivity contribution in [1.29, 1.82) is 0 Å². The molecule has 144 valence electrons. The summed E-state index contributed by atoms with van der Waals surface area (Å²) in [4.78, 5) is 12.5. The van der Waals surface area contributed by atoms with E-state index in [1.807, 2.05) is 6.92 Å². The zero-order valence-electron chi connectivity index (χ0n) is 15.1. The molecule has 0 saturated carbocycles. The maximum atomic E-state index is 12.7. The van der Waals surface area contributed by atoms with E-state index < -0.39 is 15.9 Å². The van der Waals surface area contributed by atoms with Gasteiger partial charge in [0, 0.05) is 19.8 Å².